The fourth-order valence-corrected chi connectivity index (χ4v) is 2.44. The van der Waals surface area contributed by atoms with Gasteiger partial charge in [-0.1, -0.05) is 0 Å². The molecular weight excluding hydrogens is 272 g/mol. The van der Waals surface area contributed by atoms with Crippen LogP contribution in [0.25, 0.3) is 0 Å². The number of ether oxygens (including phenoxy) is 2. The molecule has 6 nitrogen and oxygen atoms in total. The Morgan fingerprint density at radius 1 is 1.42 bits per heavy atom. The molecule has 1 aliphatic heterocycles. The van der Waals surface area contributed by atoms with Gasteiger partial charge in [0.1, 0.15) is 12.2 Å². The molecule has 110 valence electrons. The highest BCUT2D eigenvalue weighted by Gasteiger charge is 2.49. The largest absolute Gasteiger partial charge is 0.448 e. The number of nitrogens with zero attached hydrogens (tertiary/aromatic N) is 2. The fraction of sp³-hybridized carbons (Fsp3) is 0.833. The lowest BCUT2D eigenvalue weighted by Crippen LogP contribution is -2.36. The van der Waals surface area contributed by atoms with Gasteiger partial charge < -0.3 is 14.4 Å². The summed E-state index contributed by atoms with van der Waals surface area (Å²) in [5.41, 5.74) is -0.433. The minimum atomic E-state index is -0.592. The van der Waals surface area contributed by atoms with Gasteiger partial charge in [-0.15, -0.1) is 12.4 Å². The van der Waals surface area contributed by atoms with E-state index in [0.29, 0.717) is 13.1 Å². The molecule has 1 heterocycles. The van der Waals surface area contributed by atoms with Gasteiger partial charge in [-0.05, 0) is 39.8 Å². The summed E-state index contributed by atoms with van der Waals surface area (Å²) in [5, 5.41) is 0. The highest BCUT2D eigenvalue weighted by atomic mass is 35.5. The first-order valence-corrected chi connectivity index (χ1v) is 6.34. The summed E-state index contributed by atoms with van der Waals surface area (Å²) < 4.78 is 10.4. The predicted octanol–water partition coefficient (Wildman–Crippen LogP) is 1.87. The Morgan fingerprint density at radius 2 is 2.05 bits per heavy atom. The molecule has 2 rings (SSSR count). The Bertz CT molecular complexity index is 343. The van der Waals surface area contributed by atoms with E-state index in [-0.39, 0.29) is 19.0 Å². The molecule has 7 heteroatoms. The van der Waals surface area contributed by atoms with E-state index < -0.39 is 17.8 Å². The molecule has 0 atom stereocenters. The second kappa shape index (κ2) is 6.43. The van der Waals surface area contributed by atoms with E-state index in [2.05, 4.69) is 0 Å². The quantitative estimate of drug-likeness (QED) is 0.795. The molecule has 2 fully saturated rings. The van der Waals surface area contributed by atoms with Gasteiger partial charge in [-0.2, -0.15) is 0 Å². The van der Waals surface area contributed by atoms with Crippen LogP contribution >= 0.6 is 12.4 Å². The van der Waals surface area contributed by atoms with Crippen LogP contribution < -0.4 is 0 Å². The van der Waals surface area contributed by atoms with Crippen LogP contribution in [0.1, 0.15) is 25.7 Å². The third-order valence-corrected chi connectivity index (χ3v) is 3.47. The van der Waals surface area contributed by atoms with E-state index in [1.807, 2.05) is 19.0 Å². The molecule has 0 bridgehead atoms. The third kappa shape index (κ3) is 3.73. The summed E-state index contributed by atoms with van der Waals surface area (Å²) in [7, 11) is 3.79. The molecule has 2 amide bonds. The Hall–Kier alpha value is -1.01. The van der Waals surface area contributed by atoms with Gasteiger partial charge in [0.05, 0.1) is 6.54 Å². The van der Waals surface area contributed by atoms with Crippen molar-refractivity contribution in [3.8, 4) is 0 Å². The standard InChI is InChI=1S/C12H20N2O4.ClH/c1-13(2)7-8-17-10(15)14-9-12(18-11(14)16)5-3-4-6-12;/h3-9H2,1-2H3;1H. The lowest BCUT2D eigenvalue weighted by molar-refractivity contribution is 0.0626. The van der Waals surface area contributed by atoms with Gasteiger partial charge in [-0.3, -0.25) is 0 Å². The van der Waals surface area contributed by atoms with Crippen LogP contribution in [0.2, 0.25) is 0 Å². The third-order valence-electron chi connectivity index (χ3n) is 3.47. The normalized spacial score (nSPS) is 20.6. The first kappa shape index (κ1) is 16.0. The predicted molar refractivity (Wildman–Crippen MR) is 71.5 cm³/mol. The maximum Gasteiger partial charge on any atom is 0.420 e. The highest BCUT2D eigenvalue weighted by Crippen LogP contribution is 2.38. The first-order chi connectivity index (χ1) is 8.52. The zero-order valence-electron chi connectivity index (χ0n) is 11.4. The van der Waals surface area contributed by atoms with Crippen LogP contribution in [-0.2, 0) is 9.47 Å². The lowest BCUT2D eigenvalue weighted by Gasteiger charge is -2.19. The number of amides is 2. The van der Waals surface area contributed by atoms with E-state index >= 15 is 0 Å². The number of imide groups is 1. The number of halogens is 1. The maximum absolute atomic E-state index is 11.8. The fourth-order valence-electron chi connectivity index (χ4n) is 2.44. The van der Waals surface area contributed by atoms with Crippen LogP contribution in [0.15, 0.2) is 0 Å². The van der Waals surface area contributed by atoms with Crippen molar-refractivity contribution in [2.24, 2.45) is 0 Å². The van der Waals surface area contributed by atoms with Crippen molar-refractivity contribution in [2.45, 2.75) is 31.3 Å². The molecule has 2 aliphatic rings. The maximum atomic E-state index is 11.8. The molecule has 0 aromatic heterocycles. The Morgan fingerprint density at radius 3 is 2.63 bits per heavy atom. The molecule has 0 aromatic rings. The van der Waals surface area contributed by atoms with Crippen LogP contribution in [0.3, 0.4) is 0 Å². The second-order valence-corrected chi connectivity index (χ2v) is 5.26. The Balaban J connectivity index is 0.00000180. The number of rotatable bonds is 3. The number of carbonyl (C=O) groups excluding carboxylic acids is 2. The summed E-state index contributed by atoms with van der Waals surface area (Å²) in [4.78, 5) is 26.4. The lowest BCUT2D eigenvalue weighted by atomic mass is 10.0. The molecule has 1 aliphatic carbocycles. The van der Waals surface area contributed by atoms with Crippen molar-refractivity contribution in [1.82, 2.24) is 9.80 Å². The van der Waals surface area contributed by atoms with Crippen LogP contribution in [0, 0.1) is 0 Å². The Kier molecular flexibility index (Phi) is 5.43. The van der Waals surface area contributed by atoms with Crippen molar-refractivity contribution >= 4 is 24.6 Å². The van der Waals surface area contributed by atoms with Gasteiger partial charge in [0.2, 0.25) is 0 Å². The zero-order valence-corrected chi connectivity index (χ0v) is 12.2. The zero-order chi connectivity index (χ0) is 13.2. The van der Waals surface area contributed by atoms with E-state index in [1.54, 1.807) is 0 Å². The molecule has 0 unspecified atom stereocenters. The molecule has 1 spiro atoms. The van der Waals surface area contributed by atoms with E-state index in [9.17, 15) is 9.59 Å². The van der Waals surface area contributed by atoms with Crippen molar-refractivity contribution in [1.29, 1.82) is 0 Å². The summed E-state index contributed by atoms with van der Waals surface area (Å²) in [6.45, 7) is 1.26. The van der Waals surface area contributed by atoms with Crippen LogP contribution in [0.5, 0.6) is 0 Å². The molecule has 0 aromatic carbocycles. The number of likely N-dealkylation sites (N-methyl/N-ethyl adjacent to an activating group) is 1. The van der Waals surface area contributed by atoms with E-state index in [1.165, 1.54) is 0 Å². The molecule has 1 saturated carbocycles. The summed E-state index contributed by atoms with van der Waals surface area (Å²) in [6.07, 6.45) is 2.64. The molecule has 1 saturated heterocycles. The van der Waals surface area contributed by atoms with Crippen molar-refractivity contribution in [2.75, 3.05) is 33.8 Å². The minimum Gasteiger partial charge on any atom is -0.448 e. The molecular formula is C12H21ClN2O4. The van der Waals surface area contributed by atoms with Crippen molar-refractivity contribution in [3.05, 3.63) is 0 Å². The average Bonchev–Trinajstić information content (AvgIpc) is 2.86. The topological polar surface area (TPSA) is 59.1 Å². The molecule has 0 N–H and O–H groups in total. The monoisotopic (exact) mass is 292 g/mol. The summed E-state index contributed by atoms with van der Waals surface area (Å²) >= 11 is 0. The van der Waals surface area contributed by atoms with E-state index in [0.717, 1.165) is 30.6 Å². The first-order valence-electron chi connectivity index (χ1n) is 6.34. The van der Waals surface area contributed by atoms with Gasteiger partial charge in [0, 0.05) is 6.54 Å². The van der Waals surface area contributed by atoms with E-state index in [4.69, 9.17) is 9.47 Å². The number of hydrogen-bond donors (Lipinski definition) is 0. The average molecular weight is 293 g/mol. The number of hydrogen-bond acceptors (Lipinski definition) is 5. The summed E-state index contributed by atoms with van der Waals surface area (Å²) in [5.74, 6) is 0. The molecule has 0 radical (unpaired) electrons. The highest BCUT2D eigenvalue weighted by molar-refractivity contribution is 5.89. The van der Waals surface area contributed by atoms with Gasteiger partial charge in [0.25, 0.3) is 0 Å². The SMILES string of the molecule is CN(C)CCOC(=O)N1CC2(CCCC2)OC1=O.Cl. The van der Waals surface area contributed by atoms with Gasteiger partial charge in [-0.25, -0.2) is 14.5 Å². The smallest absolute Gasteiger partial charge is 0.420 e. The Labute approximate surface area is 119 Å². The molecule has 19 heavy (non-hydrogen) atoms. The van der Waals surface area contributed by atoms with Crippen LogP contribution in [-0.4, -0.2) is 61.4 Å². The second-order valence-electron chi connectivity index (χ2n) is 5.26. The van der Waals surface area contributed by atoms with Crippen LogP contribution in [0.4, 0.5) is 9.59 Å². The van der Waals surface area contributed by atoms with Gasteiger partial charge in [0.15, 0.2) is 0 Å². The number of carbonyl (C=O) groups is 2. The van der Waals surface area contributed by atoms with Gasteiger partial charge >= 0.3 is 12.2 Å². The van der Waals surface area contributed by atoms with Crippen molar-refractivity contribution < 1.29 is 19.1 Å². The minimum absolute atomic E-state index is 0. The van der Waals surface area contributed by atoms with Crippen molar-refractivity contribution in [3.63, 3.8) is 0 Å². The summed E-state index contributed by atoms with van der Waals surface area (Å²) in [6, 6.07) is 0.